The van der Waals surface area contributed by atoms with Crippen LogP contribution in [0.2, 0.25) is 0 Å². The fourth-order valence-electron chi connectivity index (χ4n) is 2.45. The van der Waals surface area contributed by atoms with Crippen molar-refractivity contribution in [1.82, 2.24) is 14.6 Å². The van der Waals surface area contributed by atoms with E-state index in [2.05, 4.69) is 14.9 Å². The van der Waals surface area contributed by atoms with Gasteiger partial charge in [0.15, 0.2) is 5.65 Å². The zero-order valence-electron chi connectivity index (χ0n) is 14.3. The molecule has 0 N–H and O–H groups in total. The number of benzene rings is 1. The van der Waals surface area contributed by atoms with Gasteiger partial charge in [0.25, 0.3) is 10.0 Å². The molecule has 1 aromatic carbocycles. The molecule has 27 heavy (non-hydrogen) atoms. The van der Waals surface area contributed by atoms with Crippen molar-refractivity contribution in [1.29, 1.82) is 0 Å². The second-order valence-electron chi connectivity index (χ2n) is 5.56. The van der Waals surface area contributed by atoms with Crippen molar-refractivity contribution < 1.29 is 26.7 Å². The summed E-state index contributed by atoms with van der Waals surface area (Å²) >= 11 is 0. The van der Waals surface area contributed by atoms with Crippen molar-refractivity contribution in [2.45, 2.75) is 11.8 Å². The van der Waals surface area contributed by atoms with E-state index in [1.165, 1.54) is 22.7 Å². The zero-order valence-corrected chi connectivity index (χ0v) is 15.1. The number of hydrogen-bond donors (Lipinski definition) is 0. The summed E-state index contributed by atoms with van der Waals surface area (Å²) in [6.45, 7) is 0.867. The van der Waals surface area contributed by atoms with Crippen LogP contribution >= 0.6 is 0 Å². The molecule has 0 saturated carbocycles. The van der Waals surface area contributed by atoms with Crippen molar-refractivity contribution in [3.63, 3.8) is 0 Å². The lowest BCUT2D eigenvalue weighted by Crippen LogP contribution is -2.36. The van der Waals surface area contributed by atoms with Crippen molar-refractivity contribution in [3.05, 3.63) is 54.0 Å². The van der Waals surface area contributed by atoms with E-state index < -0.39 is 34.2 Å². The molecule has 0 radical (unpaired) electrons. The molecule has 0 saturated heterocycles. The standard InChI is InChI=1S/C16H14F2N4O4S/c1-10-19-20-15-4-3-14(8-21(10)15)27(24,25)22(9-16(23)26-2)13-6-11(17)5-12(18)7-13/h3-8H,9H2,1-2H3. The van der Waals surface area contributed by atoms with Gasteiger partial charge in [-0.15, -0.1) is 10.2 Å². The highest BCUT2D eigenvalue weighted by atomic mass is 32.2. The predicted octanol–water partition coefficient (Wildman–Crippen LogP) is 1.68. The van der Waals surface area contributed by atoms with Gasteiger partial charge in [-0.05, 0) is 31.2 Å². The number of aryl methyl sites for hydroxylation is 1. The van der Waals surface area contributed by atoms with Gasteiger partial charge in [0.1, 0.15) is 28.9 Å². The Labute approximate surface area is 153 Å². The van der Waals surface area contributed by atoms with Crippen LogP contribution in [0.4, 0.5) is 14.5 Å². The van der Waals surface area contributed by atoms with Crippen LogP contribution in [-0.4, -0.2) is 42.6 Å². The van der Waals surface area contributed by atoms with E-state index in [1.54, 1.807) is 6.92 Å². The first kappa shape index (κ1) is 18.7. The molecule has 2 heterocycles. The van der Waals surface area contributed by atoms with Crippen LogP contribution in [0.3, 0.4) is 0 Å². The SMILES string of the molecule is COC(=O)CN(c1cc(F)cc(F)c1)S(=O)(=O)c1ccc2nnc(C)n2c1. The number of halogens is 2. The van der Waals surface area contributed by atoms with Crippen LogP contribution in [0.25, 0.3) is 5.65 Å². The van der Waals surface area contributed by atoms with Crippen molar-refractivity contribution in [2.75, 3.05) is 18.0 Å². The molecule has 0 atom stereocenters. The lowest BCUT2D eigenvalue weighted by atomic mass is 10.3. The molecule has 8 nitrogen and oxygen atoms in total. The minimum Gasteiger partial charge on any atom is -0.468 e. The molecular formula is C16H14F2N4O4S. The Hall–Kier alpha value is -3.08. The maximum Gasteiger partial charge on any atom is 0.326 e. The number of carbonyl (C=O) groups is 1. The number of fused-ring (bicyclic) bond motifs is 1. The lowest BCUT2D eigenvalue weighted by molar-refractivity contribution is -0.138. The highest BCUT2D eigenvalue weighted by Gasteiger charge is 2.29. The summed E-state index contributed by atoms with van der Waals surface area (Å²) in [5, 5.41) is 7.70. The van der Waals surface area contributed by atoms with Gasteiger partial charge in [-0.1, -0.05) is 0 Å². The summed E-state index contributed by atoms with van der Waals surface area (Å²) in [6.07, 6.45) is 1.26. The fourth-order valence-corrected chi connectivity index (χ4v) is 3.84. The molecule has 142 valence electrons. The van der Waals surface area contributed by atoms with Crippen LogP contribution in [-0.2, 0) is 19.6 Å². The first-order valence-electron chi connectivity index (χ1n) is 7.59. The van der Waals surface area contributed by atoms with E-state index >= 15 is 0 Å². The quantitative estimate of drug-likeness (QED) is 0.609. The largest absolute Gasteiger partial charge is 0.468 e. The summed E-state index contributed by atoms with van der Waals surface area (Å²) in [6, 6.07) is 4.91. The maximum absolute atomic E-state index is 13.6. The molecule has 0 amide bonds. The summed E-state index contributed by atoms with van der Waals surface area (Å²) < 4.78 is 60.0. The maximum atomic E-state index is 13.6. The van der Waals surface area contributed by atoms with Gasteiger partial charge in [-0.3, -0.25) is 13.5 Å². The second-order valence-corrected chi connectivity index (χ2v) is 7.42. The van der Waals surface area contributed by atoms with Crippen LogP contribution in [0.1, 0.15) is 5.82 Å². The number of rotatable bonds is 5. The second kappa shape index (κ2) is 6.91. The van der Waals surface area contributed by atoms with E-state index in [9.17, 15) is 22.0 Å². The molecule has 0 bridgehead atoms. The molecule has 0 unspecified atom stereocenters. The van der Waals surface area contributed by atoms with Gasteiger partial charge in [-0.25, -0.2) is 17.2 Å². The predicted molar refractivity (Wildman–Crippen MR) is 90.6 cm³/mol. The molecule has 11 heteroatoms. The third-order valence-electron chi connectivity index (χ3n) is 3.77. The summed E-state index contributed by atoms with van der Waals surface area (Å²) in [4.78, 5) is 11.5. The topological polar surface area (TPSA) is 93.9 Å². The normalized spacial score (nSPS) is 11.6. The third-order valence-corrected chi connectivity index (χ3v) is 5.53. The number of pyridine rings is 1. The van der Waals surface area contributed by atoms with Crippen molar-refractivity contribution >= 4 is 27.3 Å². The molecular weight excluding hydrogens is 382 g/mol. The van der Waals surface area contributed by atoms with Crippen LogP contribution in [0.15, 0.2) is 41.4 Å². The number of nitrogens with zero attached hydrogens (tertiary/aromatic N) is 4. The van der Waals surface area contributed by atoms with E-state index in [0.717, 1.165) is 19.2 Å². The Morgan fingerprint density at radius 1 is 1.19 bits per heavy atom. The monoisotopic (exact) mass is 396 g/mol. The molecule has 0 aliphatic carbocycles. The van der Waals surface area contributed by atoms with Crippen LogP contribution in [0, 0.1) is 18.6 Å². The van der Waals surface area contributed by atoms with Crippen molar-refractivity contribution in [2.24, 2.45) is 0 Å². The Bertz CT molecular complexity index is 1110. The number of esters is 1. The Morgan fingerprint density at radius 3 is 2.48 bits per heavy atom. The Kier molecular flexibility index (Phi) is 4.79. The molecule has 3 rings (SSSR count). The average Bonchev–Trinajstić information content (AvgIpc) is 2.99. The minimum absolute atomic E-state index is 0.216. The van der Waals surface area contributed by atoms with E-state index in [0.29, 0.717) is 21.8 Å². The van der Waals surface area contributed by atoms with Crippen molar-refractivity contribution in [3.8, 4) is 0 Å². The number of ether oxygens (including phenoxy) is 1. The Morgan fingerprint density at radius 2 is 1.85 bits per heavy atom. The average molecular weight is 396 g/mol. The molecule has 0 aliphatic rings. The minimum atomic E-state index is -4.36. The zero-order chi connectivity index (χ0) is 19.8. The molecule has 2 aromatic heterocycles. The van der Waals surface area contributed by atoms with Gasteiger partial charge >= 0.3 is 5.97 Å². The summed E-state index contributed by atoms with van der Waals surface area (Å²) in [7, 11) is -3.28. The van der Waals surface area contributed by atoms with Gasteiger partial charge in [0.2, 0.25) is 0 Å². The van der Waals surface area contributed by atoms with Crippen LogP contribution < -0.4 is 4.31 Å². The van der Waals surface area contributed by atoms with E-state index in [4.69, 9.17) is 0 Å². The highest BCUT2D eigenvalue weighted by molar-refractivity contribution is 7.92. The summed E-state index contributed by atoms with van der Waals surface area (Å²) in [5.74, 6) is -2.43. The number of carbonyl (C=O) groups excluding carboxylic acids is 1. The highest BCUT2D eigenvalue weighted by Crippen LogP contribution is 2.26. The number of aromatic nitrogens is 3. The van der Waals surface area contributed by atoms with Gasteiger partial charge in [-0.2, -0.15) is 0 Å². The van der Waals surface area contributed by atoms with E-state index in [-0.39, 0.29) is 10.6 Å². The molecule has 3 aromatic rings. The third kappa shape index (κ3) is 3.58. The lowest BCUT2D eigenvalue weighted by Gasteiger charge is -2.23. The van der Waals surface area contributed by atoms with Crippen LogP contribution in [0.5, 0.6) is 0 Å². The summed E-state index contributed by atoms with van der Waals surface area (Å²) in [5.41, 5.74) is 0.0706. The molecule has 0 fully saturated rings. The number of sulfonamides is 1. The first-order valence-corrected chi connectivity index (χ1v) is 9.03. The van der Waals surface area contributed by atoms with Gasteiger partial charge in [0, 0.05) is 12.3 Å². The Balaban J connectivity index is 2.15. The molecule has 0 spiro atoms. The number of methoxy groups -OCH3 is 1. The van der Waals surface area contributed by atoms with Gasteiger partial charge in [0.05, 0.1) is 12.8 Å². The number of anilines is 1. The van der Waals surface area contributed by atoms with E-state index in [1.807, 2.05) is 0 Å². The fraction of sp³-hybridized carbons (Fsp3) is 0.188. The smallest absolute Gasteiger partial charge is 0.326 e. The molecule has 0 aliphatic heterocycles. The number of hydrogen-bond acceptors (Lipinski definition) is 6. The first-order chi connectivity index (χ1) is 12.7. The van der Waals surface area contributed by atoms with Gasteiger partial charge < -0.3 is 4.74 Å².